The largest absolute Gasteiger partial charge is 0.349 e. The van der Waals surface area contributed by atoms with Crippen LogP contribution >= 0.6 is 23.2 Å². The molecule has 3 rings (SSSR count). The van der Waals surface area contributed by atoms with Crippen LogP contribution in [0.15, 0.2) is 36.5 Å². The maximum Gasteiger partial charge on any atom is 0.253 e. The fourth-order valence-electron chi connectivity index (χ4n) is 2.51. The number of amides is 1. The summed E-state index contributed by atoms with van der Waals surface area (Å²) in [5.74, 6) is -0.211. The Morgan fingerprint density at radius 1 is 1.20 bits per heavy atom. The maximum absolute atomic E-state index is 12.2. The smallest absolute Gasteiger partial charge is 0.253 e. The molecule has 1 aromatic heterocycles. The highest BCUT2D eigenvalue weighted by Crippen LogP contribution is 2.23. The first-order valence-corrected chi connectivity index (χ1v) is 7.08. The predicted molar refractivity (Wildman–Crippen MR) is 79.4 cm³/mol. The van der Waals surface area contributed by atoms with Gasteiger partial charge in [0.25, 0.3) is 5.91 Å². The van der Waals surface area contributed by atoms with E-state index in [4.69, 9.17) is 23.2 Å². The summed E-state index contributed by atoms with van der Waals surface area (Å²) in [5.41, 5.74) is 2.94. The number of fused-ring (bicyclic) bond motifs is 1. The van der Waals surface area contributed by atoms with E-state index in [1.54, 1.807) is 0 Å². The van der Waals surface area contributed by atoms with Crippen molar-refractivity contribution in [1.82, 2.24) is 10.3 Å². The van der Waals surface area contributed by atoms with E-state index in [0.29, 0.717) is 10.6 Å². The number of nitrogens with zero attached hydrogens (tertiary/aromatic N) is 1. The molecule has 1 amide bonds. The second-order valence-electron chi connectivity index (χ2n) is 4.83. The molecule has 0 spiro atoms. The predicted octanol–water partition coefficient (Wildman–Crippen LogP) is 3.29. The van der Waals surface area contributed by atoms with E-state index in [2.05, 4.69) is 22.4 Å². The van der Waals surface area contributed by atoms with E-state index in [1.807, 2.05) is 12.1 Å². The third-order valence-corrected chi connectivity index (χ3v) is 3.96. The third-order valence-electron chi connectivity index (χ3n) is 3.45. The van der Waals surface area contributed by atoms with E-state index in [-0.39, 0.29) is 17.1 Å². The van der Waals surface area contributed by atoms with E-state index in [0.717, 1.165) is 12.8 Å². The van der Waals surface area contributed by atoms with Crippen molar-refractivity contribution in [2.45, 2.75) is 18.9 Å². The van der Waals surface area contributed by atoms with Crippen molar-refractivity contribution in [2.75, 3.05) is 0 Å². The standard InChI is InChI=1S/C15H12Cl2N2O/c16-13-8-18-14(17)7-12(13)15(20)19-11-5-9-3-1-2-4-10(9)6-11/h1-4,7-8,11H,5-6H2,(H,19,20). The molecule has 0 unspecified atom stereocenters. The molecule has 1 N–H and O–H groups in total. The van der Waals surface area contributed by atoms with Crippen molar-refractivity contribution in [2.24, 2.45) is 0 Å². The van der Waals surface area contributed by atoms with E-state index in [9.17, 15) is 4.79 Å². The summed E-state index contributed by atoms with van der Waals surface area (Å²) < 4.78 is 0. The van der Waals surface area contributed by atoms with Crippen molar-refractivity contribution < 1.29 is 4.79 Å². The van der Waals surface area contributed by atoms with Gasteiger partial charge in [0.15, 0.2) is 0 Å². The Morgan fingerprint density at radius 3 is 2.50 bits per heavy atom. The molecule has 2 aromatic rings. The molecule has 0 aliphatic heterocycles. The highest BCUT2D eigenvalue weighted by Gasteiger charge is 2.23. The minimum atomic E-state index is -0.211. The average molecular weight is 307 g/mol. The molecule has 1 aliphatic rings. The maximum atomic E-state index is 12.2. The molecule has 3 nitrogen and oxygen atoms in total. The van der Waals surface area contributed by atoms with Gasteiger partial charge in [-0.1, -0.05) is 47.5 Å². The minimum absolute atomic E-state index is 0.0999. The first-order chi connectivity index (χ1) is 9.63. The van der Waals surface area contributed by atoms with E-state index < -0.39 is 0 Å². The van der Waals surface area contributed by atoms with Crippen molar-refractivity contribution >= 4 is 29.1 Å². The van der Waals surface area contributed by atoms with Crippen LogP contribution in [-0.2, 0) is 12.8 Å². The Hall–Kier alpha value is -1.58. The molecule has 0 atom stereocenters. The van der Waals surface area contributed by atoms with Crippen LogP contribution in [0.5, 0.6) is 0 Å². The summed E-state index contributed by atoms with van der Waals surface area (Å²) in [4.78, 5) is 16.1. The lowest BCUT2D eigenvalue weighted by molar-refractivity contribution is 0.0938. The molecule has 0 saturated carbocycles. The summed E-state index contributed by atoms with van der Waals surface area (Å²) in [6, 6.07) is 9.81. The van der Waals surface area contributed by atoms with Crippen molar-refractivity contribution in [3.8, 4) is 0 Å². The van der Waals surface area contributed by atoms with Crippen molar-refractivity contribution in [1.29, 1.82) is 0 Å². The van der Waals surface area contributed by atoms with E-state index in [1.165, 1.54) is 23.4 Å². The van der Waals surface area contributed by atoms with Crippen LogP contribution in [-0.4, -0.2) is 16.9 Å². The number of carbonyl (C=O) groups is 1. The molecule has 102 valence electrons. The fourth-order valence-corrected chi connectivity index (χ4v) is 2.86. The molecule has 1 aromatic carbocycles. The number of rotatable bonds is 2. The molecule has 0 saturated heterocycles. The molecule has 5 heteroatoms. The second kappa shape index (κ2) is 5.43. The average Bonchev–Trinajstić information content (AvgIpc) is 2.83. The highest BCUT2D eigenvalue weighted by atomic mass is 35.5. The number of aromatic nitrogens is 1. The number of hydrogen-bond donors (Lipinski definition) is 1. The van der Waals surface area contributed by atoms with Crippen LogP contribution in [0.25, 0.3) is 0 Å². The second-order valence-corrected chi connectivity index (χ2v) is 5.63. The summed E-state index contributed by atoms with van der Waals surface area (Å²) in [6.07, 6.45) is 3.08. The lowest BCUT2D eigenvalue weighted by atomic mass is 10.1. The van der Waals surface area contributed by atoms with Gasteiger partial charge in [0, 0.05) is 12.2 Å². The minimum Gasteiger partial charge on any atom is -0.349 e. The lowest BCUT2D eigenvalue weighted by Crippen LogP contribution is -2.35. The monoisotopic (exact) mass is 306 g/mol. The number of hydrogen-bond acceptors (Lipinski definition) is 2. The van der Waals surface area contributed by atoms with Crippen LogP contribution < -0.4 is 5.32 Å². The number of nitrogens with one attached hydrogen (secondary N) is 1. The fraction of sp³-hybridized carbons (Fsp3) is 0.200. The Balaban J connectivity index is 1.74. The summed E-state index contributed by atoms with van der Waals surface area (Å²) in [6.45, 7) is 0. The highest BCUT2D eigenvalue weighted by molar-refractivity contribution is 6.35. The van der Waals surface area contributed by atoms with Crippen LogP contribution in [0.4, 0.5) is 0 Å². The van der Waals surface area contributed by atoms with Crippen LogP contribution in [0, 0.1) is 0 Å². The molecule has 1 aliphatic carbocycles. The molecule has 0 fully saturated rings. The third kappa shape index (κ3) is 2.65. The van der Waals surface area contributed by atoms with Crippen molar-refractivity contribution in [3.05, 3.63) is 63.4 Å². The summed E-state index contributed by atoms with van der Waals surface area (Å²) >= 11 is 11.8. The number of pyridine rings is 1. The Kier molecular flexibility index (Phi) is 3.64. The SMILES string of the molecule is O=C(NC1Cc2ccccc2C1)c1cc(Cl)ncc1Cl. The van der Waals surface area contributed by atoms with Gasteiger partial charge in [-0.05, 0) is 30.0 Å². The van der Waals surface area contributed by atoms with Gasteiger partial charge in [0.2, 0.25) is 0 Å². The number of halogens is 2. The topological polar surface area (TPSA) is 42.0 Å². The normalized spacial score (nSPS) is 14.1. The zero-order valence-electron chi connectivity index (χ0n) is 10.6. The van der Waals surface area contributed by atoms with Gasteiger partial charge in [0.05, 0.1) is 10.6 Å². The Morgan fingerprint density at radius 2 is 1.85 bits per heavy atom. The van der Waals surface area contributed by atoms with Gasteiger partial charge in [-0.3, -0.25) is 4.79 Å². The lowest BCUT2D eigenvalue weighted by Gasteiger charge is -2.12. The quantitative estimate of drug-likeness (QED) is 0.865. The Bertz CT molecular complexity index is 648. The van der Waals surface area contributed by atoms with Crippen LogP contribution in [0.3, 0.4) is 0 Å². The molecule has 20 heavy (non-hydrogen) atoms. The van der Waals surface area contributed by atoms with Gasteiger partial charge in [0.1, 0.15) is 5.15 Å². The molecular weight excluding hydrogens is 295 g/mol. The summed E-state index contributed by atoms with van der Waals surface area (Å²) in [5, 5.41) is 3.57. The van der Waals surface area contributed by atoms with Gasteiger partial charge in [-0.15, -0.1) is 0 Å². The number of benzene rings is 1. The van der Waals surface area contributed by atoms with Crippen LogP contribution in [0.1, 0.15) is 21.5 Å². The molecule has 0 bridgehead atoms. The van der Waals surface area contributed by atoms with Crippen LogP contribution in [0.2, 0.25) is 10.2 Å². The van der Waals surface area contributed by atoms with E-state index >= 15 is 0 Å². The molecular formula is C15H12Cl2N2O. The zero-order valence-corrected chi connectivity index (χ0v) is 12.1. The summed E-state index contributed by atoms with van der Waals surface area (Å²) in [7, 11) is 0. The molecule has 0 radical (unpaired) electrons. The Labute approximate surface area is 126 Å². The molecule has 1 heterocycles. The van der Waals surface area contributed by atoms with Crippen molar-refractivity contribution in [3.63, 3.8) is 0 Å². The first kappa shape index (κ1) is 13.4. The van der Waals surface area contributed by atoms with Gasteiger partial charge >= 0.3 is 0 Å². The van der Waals surface area contributed by atoms with Gasteiger partial charge in [-0.2, -0.15) is 0 Å². The van der Waals surface area contributed by atoms with Gasteiger partial charge < -0.3 is 5.32 Å². The van der Waals surface area contributed by atoms with Gasteiger partial charge in [-0.25, -0.2) is 4.98 Å². The first-order valence-electron chi connectivity index (χ1n) is 6.32. The zero-order chi connectivity index (χ0) is 14.1. The number of carbonyl (C=O) groups excluding carboxylic acids is 1.